The monoisotopic (exact) mass is 331 g/mol. The van der Waals surface area contributed by atoms with Crippen molar-refractivity contribution < 1.29 is 4.79 Å². The van der Waals surface area contributed by atoms with E-state index in [1.807, 2.05) is 12.3 Å². The molecule has 24 heavy (non-hydrogen) atoms. The van der Waals surface area contributed by atoms with Crippen LogP contribution in [0.4, 0.5) is 11.5 Å². The van der Waals surface area contributed by atoms with Gasteiger partial charge in [0.05, 0.1) is 11.9 Å². The van der Waals surface area contributed by atoms with E-state index in [9.17, 15) is 4.79 Å². The minimum absolute atomic E-state index is 0.167. The molecule has 0 spiro atoms. The number of hydrogen-bond donors (Lipinski definition) is 2. The second-order valence-electron chi connectivity index (χ2n) is 6.96. The lowest BCUT2D eigenvalue weighted by Crippen LogP contribution is -2.29. The molecule has 6 heteroatoms. The van der Waals surface area contributed by atoms with E-state index in [4.69, 9.17) is 0 Å². The van der Waals surface area contributed by atoms with Gasteiger partial charge in [-0.2, -0.15) is 5.10 Å². The van der Waals surface area contributed by atoms with E-state index < -0.39 is 0 Å². The quantitative estimate of drug-likeness (QED) is 0.717. The number of rotatable bonds is 8. The van der Waals surface area contributed by atoms with Crippen LogP contribution in [0.5, 0.6) is 0 Å². The van der Waals surface area contributed by atoms with Crippen LogP contribution in [0.25, 0.3) is 0 Å². The number of carbonyl (C=O) groups is 1. The zero-order chi connectivity index (χ0) is 16.6. The SMILES string of the molecule is O=C(CCC1CCCC1)NCCNc1cc(N2CCCC2)cnn1. The first-order chi connectivity index (χ1) is 11.8. The summed E-state index contributed by atoms with van der Waals surface area (Å²) >= 11 is 0. The summed E-state index contributed by atoms with van der Waals surface area (Å²) < 4.78 is 0. The Morgan fingerprint density at radius 1 is 1.17 bits per heavy atom. The highest BCUT2D eigenvalue weighted by atomic mass is 16.1. The highest BCUT2D eigenvalue weighted by molar-refractivity contribution is 5.75. The van der Waals surface area contributed by atoms with Crippen molar-refractivity contribution in [1.29, 1.82) is 0 Å². The summed E-state index contributed by atoms with van der Waals surface area (Å²) in [5.41, 5.74) is 1.13. The highest BCUT2D eigenvalue weighted by Crippen LogP contribution is 2.28. The minimum atomic E-state index is 0.167. The topological polar surface area (TPSA) is 70.2 Å². The first-order valence-electron chi connectivity index (χ1n) is 9.39. The summed E-state index contributed by atoms with van der Waals surface area (Å²) in [6.07, 6.45) is 11.3. The molecule has 3 rings (SSSR count). The Labute approximate surface area is 144 Å². The first kappa shape index (κ1) is 17.0. The van der Waals surface area contributed by atoms with Gasteiger partial charge in [-0.3, -0.25) is 4.79 Å². The molecule has 1 amide bonds. The van der Waals surface area contributed by atoms with E-state index in [1.165, 1.54) is 38.5 Å². The lowest BCUT2D eigenvalue weighted by Gasteiger charge is -2.17. The van der Waals surface area contributed by atoms with Crippen molar-refractivity contribution >= 4 is 17.4 Å². The van der Waals surface area contributed by atoms with Crippen LogP contribution in [0, 0.1) is 5.92 Å². The van der Waals surface area contributed by atoms with Crippen LogP contribution in [0.1, 0.15) is 51.4 Å². The Balaban J connectivity index is 1.32. The molecule has 1 aromatic heterocycles. The normalized spacial score (nSPS) is 18.1. The first-order valence-corrected chi connectivity index (χ1v) is 9.39. The molecule has 2 fully saturated rings. The van der Waals surface area contributed by atoms with E-state index in [-0.39, 0.29) is 5.91 Å². The number of aromatic nitrogens is 2. The molecule has 2 heterocycles. The van der Waals surface area contributed by atoms with Crippen LogP contribution in [0.3, 0.4) is 0 Å². The van der Waals surface area contributed by atoms with Crippen LogP contribution in [0.2, 0.25) is 0 Å². The Bertz CT molecular complexity index is 524. The van der Waals surface area contributed by atoms with E-state index in [2.05, 4.69) is 25.7 Å². The lowest BCUT2D eigenvalue weighted by atomic mass is 10.0. The molecule has 0 aromatic carbocycles. The maximum Gasteiger partial charge on any atom is 0.220 e. The fourth-order valence-corrected chi connectivity index (χ4v) is 3.71. The van der Waals surface area contributed by atoms with Crippen molar-refractivity contribution in [3.05, 3.63) is 12.3 Å². The predicted octanol–water partition coefficient (Wildman–Crippen LogP) is 2.58. The molecule has 0 bridgehead atoms. The third-order valence-electron chi connectivity index (χ3n) is 5.12. The van der Waals surface area contributed by atoms with Crippen molar-refractivity contribution in [3.8, 4) is 0 Å². The highest BCUT2D eigenvalue weighted by Gasteiger charge is 2.16. The molecule has 0 atom stereocenters. The van der Waals surface area contributed by atoms with Gasteiger partial charge in [0.1, 0.15) is 0 Å². The molecule has 1 aromatic rings. The number of carbonyl (C=O) groups excluding carboxylic acids is 1. The summed E-state index contributed by atoms with van der Waals surface area (Å²) in [4.78, 5) is 14.2. The van der Waals surface area contributed by atoms with Crippen molar-refractivity contribution in [2.45, 2.75) is 51.4 Å². The van der Waals surface area contributed by atoms with Crippen molar-refractivity contribution in [1.82, 2.24) is 15.5 Å². The average molecular weight is 331 g/mol. The van der Waals surface area contributed by atoms with E-state index in [0.29, 0.717) is 19.5 Å². The second-order valence-corrected chi connectivity index (χ2v) is 6.96. The van der Waals surface area contributed by atoms with Crippen molar-refractivity contribution in [2.24, 2.45) is 5.92 Å². The second kappa shape index (κ2) is 8.85. The van der Waals surface area contributed by atoms with Crippen LogP contribution < -0.4 is 15.5 Å². The van der Waals surface area contributed by atoms with Gasteiger partial charge in [0.2, 0.25) is 5.91 Å². The summed E-state index contributed by atoms with van der Waals surface area (Å²) in [6.45, 7) is 3.50. The number of nitrogens with one attached hydrogen (secondary N) is 2. The van der Waals surface area contributed by atoms with Crippen LogP contribution in [-0.2, 0) is 4.79 Å². The summed E-state index contributed by atoms with van der Waals surface area (Å²) in [7, 11) is 0. The third-order valence-corrected chi connectivity index (χ3v) is 5.12. The zero-order valence-electron chi connectivity index (χ0n) is 14.5. The molecule has 6 nitrogen and oxygen atoms in total. The molecular weight excluding hydrogens is 302 g/mol. The maximum absolute atomic E-state index is 11.9. The van der Waals surface area contributed by atoms with Gasteiger partial charge >= 0.3 is 0 Å². The fraction of sp³-hybridized carbons (Fsp3) is 0.722. The van der Waals surface area contributed by atoms with Gasteiger partial charge < -0.3 is 15.5 Å². The zero-order valence-corrected chi connectivity index (χ0v) is 14.5. The Morgan fingerprint density at radius 2 is 1.96 bits per heavy atom. The molecule has 1 aliphatic carbocycles. The van der Waals surface area contributed by atoms with Gasteiger partial charge in [-0.05, 0) is 25.2 Å². The molecule has 0 unspecified atom stereocenters. The van der Waals surface area contributed by atoms with E-state index >= 15 is 0 Å². The van der Waals surface area contributed by atoms with Crippen LogP contribution >= 0.6 is 0 Å². The number of hydrogen-bond acceptors (Lipinski definition) is 5. The van der Waals surface area contributed by atoms with Gasteiger partial charge in [0.15, 0.2) is 5.82 Å². The fourth-order valence-electron chi connectivity index (χ4n) is 3.71. The van der Waals surface area contributed by atoms with Gasteiger partial charge in [-0.25, -0.2) is 0 Å². The summed E-state index contributed by atoms with van der Waals surface area (Å²) in [5.74, 6) is 1.72. The molecule has 1 saturated carbocycles. The molecule has 1 saturated heterocycles. The van der Waals surface area contributed by atoms with Crippen molar-refractivity contribution in [2.75, 3.05) is 36.4 Å². The Hall–Kier alpha value is -1.85. The number of anilines is 2. The Kier molecular flexibility index (Phi) is 6.26. The molecule has 132 valence electrons. The van der Waals surface area contributed by atoms with Crippen LogP contribution in [0.15, 0.2) is 12.3 Å². The van der Waals surface area contributed by atoms with E-state index in [0.717, 1.165) is 36.9 Å². The maximum atomic E-state index is 11.9. The van der Waals surface area contributed by atoms with Gasteiger partial charge in [-0.1, -0.05) is 25.7 Å². The number of nitrogens with zero attached hydrogens (tertiary/aromatic N) is 3. The van der Waals surface area contributed by atoms with Crippen molar-refractivity contribution in [3.63, 3.8) is 0 Å². The standard InChI is InChI=1S/C18H29N5O/c24-18(8-7-15-5-1-2-6-15)20-10-9-19-17-13-16(14-21-22-17)23-11-3-4-12-23/h13-15H,1-12H2,(H,19,22)(H,20,24). The molecule has 2 N–H and O–H groups in total. The number of amides is 1. The van der Waals surface area contributed by atoms with Gasteiger partial charge in [-0.15, -0.1) is 5.10 Å². The largest absolute Gasteiger partial charge is 0.370 e. The van der Waals surface area contributed by atoms with Crippen LogP contribution in [-0.4, -0.2) is 42.3 Å². The smallest absolute Gasteiger partial charge is 0.220 e. The Morgan fingerprint density at radius 3 is 2.75 bits per heavy atom. The molecule has 0 radical (unpaired) electrons. The molecule has 2 aliphatic rings. The van der Waals surface area contributed by atoms with Gasteiger partial charge in [0.25, 0.3) is 0 Å². The molecular formula is C18H29N5O. The minimum Gasteiger partial charge on any atom is -0.370 e. The third kappa shape index (κ3) is 5.08. The lowest BCUT2D eigenvalue weighted by molar-refractivity contribution is -0.121. The summed E-state index contributed by atoms with van der Waals surface area (Å²) in [5, 5.41) is 14.4. The van der Waals surface area contributed by atoms with Gasteiger partial charge in [0, 0.05) is 38.7 Å². The van der Waals surface area contributed by atoms with E-state index in [1.54, 1.807) is 0 Å². The molecule has 1 aliphatic heterocycles. The average Bonchev–Trinajstić information content (AvgIpc) is 3.31. The predicted molar refractivity (Wildman–Crippen MR) is 96.2 cm³/mol. The summed E-state index contributed by atoms with van der Waals surface area (Å²) in [6, 6.07) is 2.04.